The number of carbonyl (C=O) groups is 1. The molecule has 0 bridgehead atoms. The first-order chi connectivity index (χ1) is 8.17. The molecule has 100 valence electrons. The Labute approximate surface area is 104 Å². The van der Waals surface area contributed by atoms with Gasteiger partial charge in [0, 0.05) is 52.9 Å². The van der Waals surface area contributed by atoms with Crippen LogP contribution in [0.4, 0.5) is 0 Å². The molecule has 1 heterocycles. The number of nitrogens with zero attached hydrogens (tertiary/aromatic N) is 2. The molecule has 0 unspecified atom stereocenters. The molecule has 0 aliphatic carbocycles. The fraction of sp³-hybridized carbons (Fsp3) is 0.917. The minimum Gasteiger partial charge on any atom is -0.352 e. The summed E-state index contributed by atoms with van der Waals surface area (Å²) in [5, 5.41) is 0. The first-order valence-corrected chi connectivity index (χ1v) is 6.38. The van der Waals surface area contributed by atoms with Gasteiger partial charge in [-0.3, -0.25) is 9.69 Å². The van der Waals surface area contributed by atoms with Crippen molar-refractivity contribution in [1.82, 2.24) is 9.80 Å². The topological polar surface area (TPSA) is 42.0 Å². The SMILES string of the molecule is CCOC(CN1CCN(C(C)=O)CC1)OCC. The molecule has 0 spiro atoms. The Kier molecular flexibility index (Phi) is 6.47. The van der Waals surface area contributed by atoms with E-state index >= 15 is 0 Å². The minimum absolute atomic E-state index is 0.145. The van der Waals surface area contributed by atoms with Gasteiger partial charge in [0.15, 0.2) is 6.29 Å². The Hall–Kier alpha value is -0.650. The molecule has 1 saturated heterocycles. The monoisotopic (exact) mass is 244 g/mol. The number of ether oxygens (including phenoxy) is 2. The van der Waals surface area contributed by atoms with Crippen LogP contribution >= 0.6 is 0 Å². The third-order valence-corrected chi connectivity index (χ3v) is 2.93. The van der Waals surface area contributed by atoms with E-state index in [-0.39, 0.29) is 12.2 Å². The van der Waals surface area contributed by atoms with Crippen LogP contribution in [0.2, 0.25) is 0 Å². The Morgan fingerprint density at radius 2 is 1.65 bits per heavy atom. The predicted molar refractivity (Wildman–Crippen MR) is 65.7 cm³/mol. The van der Waals surface area contributed by atoms with Crippen LogP contribution < -0.4 is 0 Å². The summed E-state index contributed by atoms with van der Waals surface area (Å²) in [6, 6.07) is 0. The van der Waals surface area contributed by atoms with E-state index in [9.17, 15) is 4.79 Å². The molecule has 0 aromatic heterocycles. The van der Waals surface area contributed by atoms with E-state index in [4.69, 9.17) is 9.47 Å². The number of hydrogen-bond acceptors (Lipinski definition) is 4. The Morgan fingerprint density at radius 3 is 2.06 bits per heavy atom. The van der Waals surface area contributed by atoms with Gasteiger partial charge in [-0.2, -0.15) is 0 Å². The van der Waals surface area contributed by atoms with Gasteiger partial charge in [0.2, 0.25) is 5.91 Å². The van der Waals surface area contributed by atoms with Gasteiger partial charge in [0.1, 0.15) is 0 Å². The minimum atomic E-state index is -0.145. The van der Waals surface area contributed by atoms with Crippen LogP contribution in [0.25, 0.3) is 0 Å². The largest absolute Gasteiger partial charge is 0.352 e. The van der Waals surface area contributed by atoms with Crippen LogP contribution in [-0.2, 0) is 14.3 Å². The second-order valence-corrected chi connectivity index (χ2v) is 4.15. The van der Waals surface area contributed by atoms with Gasteiger partial charge < -0.3 is 14.4 Å². The molecule has 5 nitrogen and oxygen atoms in total. The maximum Gasteiger partial charge on any atom is 0.219 e. The second kappa shape index (κ2) is 7.63. The summed E-state index contributed by atoms with van der Waals surface area (Å²) < 4.78 is 11.0. The summed E-state index contributed by atoms with van der Waals surface area (Å²) in [4.78, 5) is 15.4. The molecule has 1 aliphatic rings. The van der Waals surface area contributed by atoms with Crippen LogP contribution in [0.15, 0.2) is 0 Å². The molecule has 1 fully saturated rings. The Balaban J connectivity index is 2.30. The number of rotatable bonds is 6. The zero-order chi connectivity index (χ0) is 12.7. The van der Waals surface area contributed by atoms with Crippen molar-refractivity contribution in [2.45, 2.75) is 27.1 Å². The van der Waals surface area contributed by atoms with E-state index in [0.29, 0.717) is 13.2 Å². The Morgan fingerprint density at radius 1 is 1.12 bits per heavy atom. The van der Waals surface area contributed by atoms with E-state index in [2.05, 4.69) is 4.90 Å². The molecule has 0 saturated carbocycles. The fourth-order valence-electron chi connectivity index (χ4n) is 1.98. The average Bonchev–Trinajstić information content (AvgIpc) is 2.30. The molecule has 1 amide bonds. The first kappa shape index (κ1) is 14.4. The average molecular weight is 244 g/mol. The lowest BCUT2D eigenvalue weighted by Gasteiger charge is -2.35. The highest BCUT2D eigenvalue weighted by molar-refractivity contribution is 5.73. The third-order valence-electron chi connectivity index (χ3n) is 2.93. The van der Waals surface area contributed by atoms with Gasteiger partial charge in [-0.05, 0) is 13.8 Å². The van der Waals surface area contributed by atoms with Crippen molar-refractivity contribution in [2.24, 2.45) is 0 Å². The van der Waals surface area contributed by atoms with E-state index < -0.39 is 0 Å². The van der Waals surface area contributed by atoms with E-state index in [1.165, 1.54) is 0 Å². The molecular formula is C12H24N2O3. The molecule has 5 heteroatoms. The van der Waals surface area contributed by atoms with Crippen LogP contribution in [-0.4, -0.2) is 67.9 Å². The second-order valence-electron chi connectivity index (χ2n) is 4.15. The quantitative estimate of drug-likeness (QED) is 0.640. The lowest BCUT2D eigenvalue weighted by atomic mass is 10.3. The van der Waals surface area contributed by atoms with Crippen molar-refractivity contribution >= 4 is 5.91 Å². The summed E-state index contributed by atoms with van der Waals surface area (Å²) in [5.74, 6) is 0.163. The van der Waals surface area contributed by atoms with Crippen LogP contribution in [0.3, 0.4) is 0 Å². The molecule has 0 aromatic carbocycles. The smallest absolute Gasteiger partial charge is 0.219 e. The number of carbonyl (C=O) groups excluding carboxylic acids is 1. The van der Waals surface area contributed by atoms with Crippen molar-refractivity contribution in [1.29, 1.82) is 0 Å². The molecule has 1 rings (SSSR count). The van der Waals surface area contributed by atoms with Gasteiger partial charge >= 0.3 is 0 Å². The highest BCUT2D eigenvalue weighted by Crippen LogP contribution is 2.05. The molecule has 17 heavy (non-hydrogen) atoms. The maximum atomic E-state index is 11.2. The molecule has 0 radical (unpaired) electrons. The van der Waals surface area contributed by atoms with Gasteiger partial charge in [0.25, 0.3) is 0 Å². The zero-order valence-electron chi connectivity index (χ0n) is 11.1. The molecule has 0 aromatic rings. The maximum absolute atomic E-state index is 11.2. The van der Waals surface area contributed by atoms with Gasteiger partial charge in [-0.15, -0.1) is 0 Å². The van der Waals surface area contributed by atoms with E-state index in [1.807, 2.05) is 18.7 Å². The lowest BCUT2D eigenvalue weighted by Crippen LogP contribution is -2.50. The summed E-state index contributed by atoms with van der Waals surface area (Å²) in [6.45, 7) is 11.1. The number of piperazine rings is 1. The molecule has 0 atom stereocenters. The number of amides is 1. The summed E-state index contributed by atoms with van der Waals surface area (Å²) in [5.41, 5.74) is 0. The summed E-state index contributed by atoms with van der Waals surface area (Å²) >= 11 is 0. The van der Waals surface area contributed by atoms with Gasteiger partial charge in [-0.1, -0.05) is 0 Å². The van der Waals surface area contributed by atoms with Crippen LogP contribution in [0.1, 0.15) is 20.8 Å². The van der Waals surface area contributed by atoms with Crippen LogP contribution in [0, 0.1) is 0 Å². The molecule has 1 aliphatic heterocycles. The van der Waals surface area contributed by atoms with Crippen molar-refractivity contribution in [3.63, 3.8) is 0 Å². The van der Waals surface area contributed by atoms with Crippen molar-refractivity contribution < 1.29 is 14.3 Å². The predicted octanol–water partition coefficient (Wildman–Crippen LogP) is 0.550. The van der Waals surface area contributed by atoms with Crippen LogP contribution in [0.5, 0.6) is 0 Å². The number of hydrogen-bond donors (Lipinski definition) is 0. The molecular weight excluding hydrogens is 220 g/mol. The molecule has 0 N–H and O–H groups in total. The highest BCUT2D eigenvalue weighted by Gasteiger charge is 2.21. The fourth-order valence-corrected chi connectivity index (χ4v) is 1.98. The standard InChI is InChI=1S/C12H24N2O3/c1-4-16-12(17-5-2)10-13-6-8-14(9-7-13)11(3)15/h12H,4-10H2,1-3H3. The van der Waals surface area contributed by atoms with E-state index in [1.54, 1.807) is 6.92 Å². The summed E-state index contributed by atoms with van der Waals surface area (Å²) in [7, 11) is 0. The first-order valence-electron chi connectivity index (χ1n) is 6.38. The normalized spacial score (nSPS) is 17.8. The zero-order valence-corrected chi connectivity index (χ0v) is 11.1. The van der Waals surface area contributed by atoms with Crippen molar-refractivity contribution in [3.05, 3.63) is 0 Å². The van der Waals surface area contributed by atoms with Crippen molar-refractivity contribution in [3.8, 4) is 0 Å². The Bertz CT molecular complexity index is 222. The summed E-state index contributed by atoms with van der Waals surface area (Å²) in [6.07, 6.45) is -0.145. The van der Waals surface area contributed by atoms with Gasteiger partial charge in [0.05, 0.1) is 0 Å². The lowest BCUT2D eigenvalue weighted by molar-refractivity contribution is -0.151. The third kappa shape index (κ3) is 5.02. The van der Waals surface area contributed by atoms with Crippen molar-refractivity contribution in [2.75, 3.05) is 45.9 Å². The van der Waals surface area contributed by atoms with E-state index in [0.717, 1.165) is 32.7 Å². The van der Waals surface area contributed by atoms with Gasteiger partial charge in [-0.25, -0.2) is 0 Å². The highest BCUT2D eigenvalue weighted by atomic mass is 16.7.